The van der Waals surface area contributed by atoms with Crippen LogP contribution in [0.4, 0.5) is 11.8 Å². The summed E-state index contributed by atoms with van der Waals surface area (Å²) in [6.45, 7) is 3.23. The van der Waals surface area contributed by atoms with Gasteiger partial charge in [0, 0.05) is 13.1 Å². The van der Waals surface area contributed by atoms with Gasteiger partial charge in [-0.25, -0.2) is 4.98 Å². The number of halogens is 1. The molecule has 0 unspecified atom stereocenters. The number of aromatic nitrogens is 2. The van der Waals surface area contributed by atoms with Crippen LogP contribution in [0, 0.1) is 6.92 Å². The van der Waals surface area contributed by atoms with E-state index in [-0.39, 0.29) is 5.95 Å². The number of rotatable bonds is 5. The topological polar surface area (TPSA) is 64.3 Å². The monoisotopic (exact) mass is 292 g/mol. The molecular weight excluding hydrogens is 276 g/mol. The molecule has 20 heavy (non-hydrogen) atoms. The number of hydrogen-bond acceptors (Lipinski definition) is 5. The second-order valence-corrected chi connectivity index (χ2v) is 4.83. The van der Waals surface area contributed by atoms with E-state index in [1.807, 2.05) is 43.1 Å². The van der Waals surface area contributed by atoms with Gasteiger partial charge in [0.05, 0.1) is 6.54 Å². The molecule has 0 spiro atoms. The summed E-state index contributed by atoms with van der Waals surface area (Å²) in [6.07, 6.45) is 0. The highest BCUT2D eigenvalue weighted by Crippen LogP contribution is 2.17. The molecular formula is C14H17ClN4O. The number of hydrogen-bond donors (Lipinski definition) is 1. The highest BCUT2D eigenvalue weighted by atomic mass is 35.5. The second-order valence-electron chi connectivity index (χ2n) is 4.44. The van der Waals surface area contributed by atoms with Crippen molar-refractivity contribution in [2.75, 3.05) is 30.8 Å². The van der Waals surface area contributed by atoms with Crippen molar-refractivity contribution < 1.29 is 4.74 Å². The van der Waals surface area contributed by atoms with E-state index in [0.717, 1.165) is 11.3 Å². The Morgan fingerprint density at radius 2 is 2.05 bits per heavy atom. The maximum Gasteiger partial charge on any atom is 0.223 e. The maximum absolute atomic E-state index is 5.86. The zero-order valence-electron chi connectivity index (χ0n) is 11.5. The predicted octanol–water partition coefficient (Wildman–Crippen LogP) is 2.54. The summed E-state index contributed by atoms with van der Waals surface area (Å²) in [5, 5.41) is 0.333. The van der Waals surface area contributed by atoms with Gasteiger partial charge in [-0.3, -0.25) is 0 Å². The van der Waals surface area contributed by atoms with Gasteiger partial charge in [0.2, 0.25) is 5.95 Å². The predicted molar refractivity (Wildman–Crippen MR) is 81.4 cm³/mol. The van der Waals surface area contributed by atoms with E-state index in [0.29, 0.717) is 24.1 Å². The minimum absolute atomic E-state index is 0.166. The molecule has 1 aromatic heterocycles. The largest absolute Gasteiger partial charge is 0.491 e. The van der Waals surface area contributed by atoms with Crippen LogP contribution in [-0.2, 0) is 0 Å². The normalized spacial score (nSPS) is 10.3. The summed E-state index contributed by atoms with van der Waals surface area (Å²) < 4.78 is 5.74. The lowest BCUT2D eigenvalue weighted by atomic mass is 10.2. The minimum atomic E-state index is 0.166. The van der Waals surface area contributed by atoms with E-state index >= 15 is 0 Å². The molecule has 0 atom stereocenters. The molecule has 2 rings (SSSR count). The van der Waals surface area contributed by atoms with E-state index < -0.39 is 0 Å². The smallest absolute Gasteiger partial charge is 0.223 e. The van der Waals surface area contributed by atoms with Gasteiger partial charge in [-0.1, -0.05) is 29.8 Å². The van der Waals surface area contributed by atoms with Crippen LogP contribution in [-0.4, -0.2) is 30.2 Å². The average molecular weight is 293 g/mol. The van der Waals surface area contributed by atoms with E-state index in [1.165, 1.54) is 0 Å². The zero-order chi connectivity index (χ0) is 14.5. The van der Waals surface area contributed by atoms with Crippen molar-refractivity contribution in [3.8, 4) is 5.75 Å². The van der Waals surface area contributed by atoms with Crippen molar-refractivity contribution in [1.29, 1.82) is 0 Å². The summed E-state index contributed by atoms with van der Waals surface area (Å²) >= 11 is 5.86. The van der Waals surface area contributed by atoms with Gasteiger partial charge >= 0.3 is 0 Å². The lowest BCUT2D eigenvalue weighted by Crippen LogP contribution is -2.25. The number of nitrogens with two attached hydrogens (primary N) is 1. The highest BCUT2D eigenvalue weighted by molar-refractivity contribution is 6.29. The molecule has 0 amide bonds. The molecule has 0 saturated carbocycles. The first-order valence-corrected chi connectivity index (χ1v) is 6.63. The average Bonchev–Trinajstić information content (AvgIpc) is 2.39. The van der Waals surface area contributed by atoms with Gasteiger partial charge in [-0.05, 0) is 18.6 Å². The summed E-state index contributed by atoms with van der Waals surface area (Å²) in [7, 11) is 1.90. The summed E-state index contributed by atoms with van der Waals surface area (Å²) in [4.78, 5) is 9.88. The third-order valence-corrected chi connectivity index (χ3v) is 3.06. The molecule has 0 aliphatic carbocycles. The Kier molecular flexibility index (Phi) is 4.63. The van der Waals surface area contributed by atoms with Gasteiger partial charge in [0.25, 0.3) is 0 Å². The van der Waals surface area contributed by atoms with E-state index in [4.69, 9.17) is 22.1 Å². The van der Waals surface area contributed by atoms with Crippen LogP contribution in [0.2, 0.25) is 5.15 Å². The first-order chi connectivity index (χ1) is 9.56. The fourth-order valence-corrected chi connectivity index (χ4v) is 1.93. The molecule has 106 valence electrons. The maximum atomic E-state index is 5.86. The van der Waals surface area contributed by atoms with E-state index in [1.54, 1.807) is 6.07 Å². The van der Waals surface area contributed by atoms with E-state index in [2.05, 4.69) is 9.97 Å². The standard InChI is InChI=1S/C14H17ClN4O/c1-10-5-3-4-6-11(10)20-8-7-19(2)13-9-12(15)17-14(16)18-13/h3-6,9H,7-8H2,1-2H3,(H2,16,17,18). The van der Waals surface area contributed by atoms with Crippen LogP contribution in [0.3, 0.4) is 0 Å². The molecule has 2 aromatic rings. The number of ether oxygens (including phenoxy) is 1. The van der Waals surface area contributed by atoms with Gasteiger partial charge in [-0.2, -0.15) is 4.98 Å². The molecule has 1 heterocycles. The number of nitrogen functional groups attached to an aromatic ring is 1. The molecule has 0 aliphatic heterocycles. The molecule has 0 bridgehead atoms. The Balaban J connectivity index is 1.92. The quantitative estimate of drug-likeness (QED) is 0.858. The minimum Gasteiger partial charge on any atom is -0.491 e. The Hall–Kier alpha value is -2.01. The SMILES string of the molecule is Cc1ccccc1OCCN(C)c1cc(Cl)nc(N)n1. The highest BCUT2D eigenvalue weighted by Gasteiger charge is 2.06. The van der Waals surface area contributed by atoms with Crippen LogP contribution in [0.25, 0.3) is 0 Å². The van der Waals surface area contributed by atoms with Gasteiger partial charge < -0.3 is 15.4 Å². The van der Waals surface area contributed by atoms with Crippen molar-refractivity contribution in [3.63, 3.8) is 0 Å². The van der Waals surface area contributed by atoms with Crippen molar-refractivity contribution in [2.45, 2.75) is 6.92 Å². The van der Waals surface area contributed by atoms with Gasteiger partial charge in [0.1, 0.15) is 23.3 Å². The van der Waals surface area contributed by atoms with Crippen molar-refractivity contribution in [3.05, 3.63) is 41.0 Å². The number of benzene rings is 1. The molecule has 0 saturated heterocycles. The third kappa shape index (κ3) is 3.74. The molecule has 1 aromatic carbocycles. The third-order valence-electron chi connectivity index (χ3n) is 2.87. The number of aryl methyl sites for hydroxylation is 1. The van der Waals surface area contributed by atoms with E-state index in [9.17, 15) is 0 Å². The second kappa shape index (κ2) is 6.43. The lowest BCUT2D eigenvalue weighted by molar-refractivity contribution is 0.323. The molecule has 0 fully saturated rings. The Bertz CT molecular complexity index is 571. The fraction of sp³-hybridized carbons (Fsp3) is 0.286. The van der Waals surface area contributed by atoms with Crippen molar-refractivity contribution >= 4 is 23.4 Å². The summed E-state index contributed by atoms with van der Waals surface area (Å²) in [5.74, 6) is 1.73. The van der Waals surface area contributed by atoms with Crippen LogP contribution >= 0.6 is 11.6 Å². The summed E-state index contributed by atoms with van der Waals surface area (Å²) in [5.41, 5.74) is 6.69. The van der Waals surface area contributed by atoms with Crippen molar-refractivity contribution in [2.24, 2.45) is 0 Å². The number of likely N-dealkylation sites (N-methyl/N-ethyl adjacent to an activating group) is 1. The molecule has 0 aliphatic rings. The number of anilines is 2. The first kappa shape index (κ1) is 14.4. The number of nitrogens with zero attached hydrogens (tertiary/aromatic N) is 3. The van der Waals surface area contributed by atoms with Crippen LogP contribution in [0.1, 0.15) is 5.56 Å². The van der Waals surface area contributed by atoms with Crippen LogP contribution in [0.5, 0.6) is 5.75 Å². The molecule has 2 N–H and O–H groups in total. The Morgan fingerprint density at radius 1 is 1.30 bits per heavy atom. The first-order valence-electron chi connectivity index (χ1n) is 6.26. The van der Waals surface area contributed by atoms with Crippen molar-refractivity contribution in [1.82, 2.24) is 9.97 Å². The fourth-order valence-electron chi connectivity index (χ4n) is 1.74. The zero-order valence-corrected chi connectivity index (χ0v) is 12.3. The molecule has 6 heteroatoms. The molecule has 5 nitrogen and oxygen atoms in total. The van der Waals surface area contributed by atoms with Gasteiger partial charge in [-0.15, -0.1) is 0 Å². The molecule has 0 radical (unpaired) electrons. The summed E-state index contributed by atoms with van der Waals surface area (Å²) in [6, 6.07) is 9.58. The van der Waals surface area contributed by atoms with Gasteiger partial charge in [0.15, 0.2) is 0 Å². The van der Waals surface area contributed by atoms with Crippen LogP contribution in [0.15, 0.2) is 30.3 Å². The Morgan fingerprint density at radius 3 is 2.75 bits per heavy atom. The Labute approximate surface area is 123 Å². The van der Waals surface area contributed by atoms with Crippen LogP contribution < -0.4 is 15.4 Å². The lowest BCUT2D eigenvalue weighted by Gasteiger charge is -2.19. The number of para-hydroxylation sites is 1.